The molecule has 1 heterocycles. The first-order chi connectivity index (χ1) is 10.2. The van der Waals surface area contributed by atoms with Gasteiger partial charge in [0, 0.05) is 28.7 Å². The fourth-order valence-corrected chi connectivity index (χ4v) is 3.13. The molecule has 3 nitrogen and oxygen atoms in total. The number of fused-ring (bicyclic) bond motifs is 1. The molecule has 0 saturated carbocycles. The number of aryl methyl sites for hydroxylation is 1. The molecule has 0 aliphatic carbocycles. The van der Waals surface area contributed by atoms with Crippen molar-refractivity contribution in [2.75, 3.05) is 11.9 Å². The van der Waals surface area contributed by atoms with E-state index in [0.29, 0.717) is 12.1 Å². The maximum Gasteiger partial charge on any atom is 0.127 e. The van der Waals surface area contributed by atoms with Crippen LogP contribution < -0.4 is 10.1 Å². The molecule has 4 heteroatoms. The Kier molecular flexibility index (Phi) is 3.85. The topological polar surface area (TPSA) is 45.0 Å². The van der Waals surface area contributed by atoms with E-state index in [1.54, 1.807) is 0 Å². The molecule has 1 N–H and O–H groups in total. The summed E-state index contributed by atoms with van der Waals surface area (Å²) in [6, 6.07) is 12.2. The third-order valence-electron chi connectivity index (χ3n) is 3.66. The molecular weight excluding hydrogens is 328 g/mol. The van der Waals surface area contributed by atoms with Gasteiger partial charge in [0.1, 0.15) is 5.75 Å². The highest BCUT2D eigenvalue weighted by Gasteiger charge is 2.17. The summed E-state index contributed by atoms with van der Waals surface area (Å²) in [5, 5.41) is 12.4. The van der Waals surface area contributed by atoms with E-state index >= 15 is 0 Å². The largest absolute Gasteiger partial charge is 0.493 e. The van der Waals surface area contributed by atoms with Crippen LogP contribution in [0.1, 0.15) is 22.3 Å². The molecule has 0 amide bonds. The highest BCUT2D eigenvalue weighted by atomic mass is 79.9. The molecule has 1 aliphatic rings. The fraction of sp³-hybridized carbons (Fsp3) is 0.235. The number of hydrogen-bond donors (Lipinski definition) is 1. The van der Waals surface area contributed by atoms with Gasteiger partial charge in [0.2, 0.25) is 0 Å². The number of anilines is 1. The third-order valence-corrected chi connectivity index (χ3v) is 4.11. The molecule has 1 aliphatic heterocycles. The summed E-state index contributed by atoms with van der Waals surface area (Å²) in [5.41, 5.74) is 5.12. The Morgan fingerprint density at radius 1 is 1.33 bits per heavy atom. The average molecular weight is 343 g/mol. The molecule has 2 aromatic carbocycles. The van der Waals surface area contributed by atoms with Crippen LogP contribution in [-0.4, -0.2) is 6.61 Å². The van der Waals surface area contributed by atoms with E-state index in [4.69, 9.17) is 10.00 Å². The van der Waals surface area contributed by atoms with Crippen molar-refractivity contribution in [3.8, 4) is 11.8 Å². The Balaban J connectivity index is 1.80. The van der Waals surface area contributed by atoms with Crippen molar-refractivity contribution in [3.63, 3.8) is 0 Å². The number of benzene rings is 2. The first kappa shape index (κ1) is 14.0. The minimum absolute atomic E-state index is 0.702. The molecule has 0 saturated heterocycles. The van der Waals surface area contributed by atoms with E-state index in [9.17, 15) is 0 Å². The smallest absolute Gasteiger partial charge is 0.127 e. The molecule has 0 aromatic heterocycles. The van der Waals surface area contributed by atoms with Crippen molar-refractivity contribution in [2.24, 2.45) is 0 Å². The Labute approximate surface area is 132 Å². The Bertz CT molecular complexity index is 734. The Morgan fingerprint density at radius 3 is 2.95 bits per heavy atom. The molecule has 0 fully saturated rings. The molecule has 3 rings (SSSR count). The number of rotatable bonds is 3. The van der Waals surface area contributed by atoms with Gasteiger partial charge in [-0.25, -0.2) is 0 Å². The lowest BCUT2D eigenvalue weighted by atomic mass is 10.1. The van der Waals surface area contributed by atoms with E-state index in [-0.39, 0.29) is 0 Å². The van der Waals surface area contributed by atoms with Crippen LogP contribution in [-0.2, 0) is 13.0 Å². The highest BCUT2D eigenvalue weighted by Crippen LogP contribution is 2.33. The number of nitriles is 1. The van der Waals surface area contributed by atoms with Crippen LogP contribution in [0.4, 0.5) is 5.69 Å². The van der Waals surface area contributed by atoms with Gasteiger partial charge in [-0.2, -0.15) is 5.26 Å². The molecule has 21 heavy (non-hydrogen) atoms. The number of ether oxygens (including phenoxy) is 1. The van der Waals surface area contributed by atoms with Crippen LogP contribution >= 0.6 is 15.9 Å². The second kappa shape index (κ2) is 5.79. The van der Waals surface area contributed by atoms with Crippen LogP contribution in [0.2, 0.25) is 0 Å². The number of nitrogens with one attached hydrogen (secondary N) is 1. The summed E-state index contributed by atoms with van der Waals surface area (Å²) in [6.07, 6.45) is 0.970. The fourth-order valence-electron chi connectivity index (χ4n) is 2.57. The minimum Gasteiger partial charge on any atom is -0.493 e. The van der Waals surface area contributed by atoms with Crippen molar-refractivity contribution in [2.45, 2.75) is 19.9 Å². The summed E-state index contributed by atoms with van der Waals surface area (Å²) in [4.78, 5) is 0. The average Bonchev–Trinajstić information content (AvgIpc) is 2.93. The Hall–Kier alpha value is -1.99. The van der Waals surface area contributed by atoms with Gasteiger partial charge in [0.15, 0.2) is 0 Å². The van der Waals surface area contributed by atoms with E-state index in [0.717, 1.165) is 40.1 Å². The zero-order chi connectivity index (χ0) is 14.8. The van der Waals surface area contributed by atoms with Crippen LogP contribution in [0.15, 0.2) is 34.8 Å². The SMILES string of the molecule is Cc1cc(NCc2cc(Br)cc3c2OCC3)ccc1C#N. The third kappa shape index (κ3) is 2.88. The van der Waals surface area contributed by atoms with E-state index < -0.39 is 0 Å². The second-order valence-corrected chi connectivity index (χ2v) is 6.06. The second-order valence-electron chi connectivity index (χ2n) is 5.15. The molecule has 0 bridgehead atoms. The van der Waals surface area contributed by atoms with Crippen molar-refractivity contribution in [1.82, 2.24) is 0 Å². The van der Waals surface area contributed by atoms with E-state index in [2.05, 4.69) is 39.4 Å². The van der Waals surface area contributed by atoms with Gasteiger partial charge in [-0.05, 0) is 48.4 Å². The highest BCUT2D eigenvalue weighted by molar-refractivity contribution is 9.10. The van der Waals surface area contributed by atoms with Crippen LogP contribution in [0.3, 0.4) is 0 Å². The van der Waals surface area contributed by atoms with Gasteiger partial charge in [0.05, 0.1) is 18.2 Å². The summed E-state index contributed by atoms with van der Waals surface area (Å²) in [6.45, 7) is 3.41. The molecule has 0 atom stereocenters. The quantitative estimate of drug-likeness (QED) is 0.910. The lowest BCUT2D eigenvalue weighted by Crippen LogP contribution is -2.02. The van der Waals surface area contributed by atoms with E-state index in [1.807, 2.05) is 25.1 Å². The molecule has 0 unspecified atom stereocenters. The summed E-state index contributed by atoms with van der Waals surface area (Å²) < 4.78 is 6.81. The number of hydrogen-bond acceptors (Lipinski definition) is 3. The van der Waals surface area contributed by atoms with Gasteiger partial charge >= 0.3 is 0 Å². The van der Waals surface area contributed by atoms with Crippen molar-refractivity contribution >= 4 is 21.6 Å². The normalized spacial score (nSPS) is 12.4. The van der Waals surface area contributed by atoms with Crippen molar-refractivity contribution in [1.29, 1.82) is 5.26 Å². The standard InChI is InChI=1S/C17H15BrN2O/c1-11-6-16(3-2-13(11)9-19)20-10-14-8-15(18)7-12-4-5-21-17(12)14/h2-3,6-8,20H,4-5,10H2,1H3. The zero-order valence-electron chi connectivity index (χ0n) is 11.7. The molecule has 106 valence electrons. The summed E-state index contributed by atoms with van der Waals surface area (Å²) in [5.74, 6) is 1.01. The molecule has 0 radical (unpaired) electrons. The maximum absolute atomic E-state index is 8.96. The number of nitrogens with zero attached hydrogens (tertiary/aromatic N) is 1. The molecule has 0 spiro atoms. The monoisotopic (exact) mass is 342 g/mol. The van der Waals surface area contributed by atoms with Crippen molar-refractivity contribution in [3.05, 3.63) is 57.1 Å². The summed E-state index contributed by atoms with van der Waals surface area (Å²) in [7, 11) is 0. The van der Waals surface area contributed by atoms with Gasteiger partial charge in [-0.15, -0.1) is 0 Å². The van der Waals surface area contributed by atoms with Gasteiger partial charge in [-0.3, -0.25) is 0 Å². The zero-order valence-corrected chi connectivity index (χ0v) is 13.3. The van der Waals surface area contributed by atoms with Crippen LogP contribution in [0.25, 0.3) is 0 Å². The van der Waals surface area contributed by atoms with Gasteiger partial charge in [0.25, 0.3) is 0 Å². The van der Waals surface area contributed by atoms with Crippen LogP contribution in [0.5, 0.6) is 5.75 Å². The van der Waals surface area contributed by atoms with Crippen molar-refractivity contribution < 1.29 is 4.74 Å². The minimum atomic E-state index is 0.702. The Morgan fingerprint density at radius 2 is 2.19 bits per heavy atom. The van der Waals surface area contributed by atoms with Gasteiger partial charge in [-0.1, -0.05) is 15.9 Å². The lowest BCUT2D eigenvalue weighted by Gasteiger charge is -2.12. The van der Waals surface area contributed by atoms with E-state index in [1.165, 1.54) is 5.56 Å². The molecular formula is C17H15BrN2O. The number of halogens is 1. The first-order valence-electron chi connectivity index (χ1n) is 6.86. The lowest BCUT2D eigenvalue weighted by molar-refractivity contribution is 0.354. The van der Waals surface area contributed by atoms with Gasteiger partial charge < -0.3 is 10.1 Å². The summed E-state index contributed by atoms with van der Waals surface area (Å²) >= 11 is 3.55. The van der Waals surface area contributed by atoms with Crippen LogP contribution in [0, 0.1) is 18.3 Å². The predicted molar refractivity (Wildman–Crippen MR) is 86.6 cm³/mol. The first-order valence-corrected chi connectivity index (χ1v) is 7.65. The maximum atomic E-state index is 8.96. The molecule has 2 aromatic rings. The predicted octanol–water partition coefficient (Wildman–Crippen LogP) is 4.18.